The highest BCUT2D eigenvalue weighted by Crippen LogP contribution is 2.12. The lowest BCUT2D eigenvalue weighted by Gasteiger charge is -2.15. The standard InChI is InChI=1S/C16H21FN2O2/c1-12(20)18-15-8-10-19(11-15)9-2-3-16(21)13-4-6-14(17)7-5-13/h4-7,15H,2-3,8-11H2,1H3,(H,18,20). The molecule has 1 aliphatic rings. The number of hydrogen-bond acceptors (Lipinski definition) is 3. The fourth-order valence-corrected chi connectivity index (χ4v) is 2.68. The third kappa shape index (κ3) is 4.93. The van der Waals surface area contributed by atoms with E-state index in [4.69, 9.17) is 0 Å². The van der Waals surface area contributed by atoms with Gasteiger partial charge in [-0.3, -0.25) is 9.59 Å². The Bertz CT molecular complexity index is 502. The maximum atomic E-state index is 12.8. The topological polar surface area (TPSA) is 49.4 Å². The Kier molecular flexibility index (Phi) is 5.44. The Balaban J connectivity index is 1.69. The van der Waals surface area contributed by atoms with Gasteiger partial charge in [0.15, 0.2) is 5.78 Å². The zero-order valence-electron chi connectivity index (χ0n) is 12.3. The number of hydrogen-bond donors (Lipinski definition) is 1. The summed E-state index contributed by atoms with van der Waals surface area (Å²) in [6.07, 6.45) is 2.21. The quantitative estimate of drug-likeness (QED) is 0.816. The highest BCUT2D eigenvalue weighted by Gasteiger charge is 2.22. The fraction of sp³-hybridized carbons (Fsp3) is 0.500. The molecule has 1 unspecified atom stereocenters. The van der Waals surface area contributed by atoms with E-state index in [1.807, 2.05) is 0 Å². The molecule has 0 aliphatic carbocycles. The first-order chi connectivity index (χ1) is 10.0. The van der Waals surface area contributed by atoms with Gasteiger partial charge in [0.25, 0.3) is 0 Å². The minimum Gasteiger partial charge on any atom is -0.352 e. The first-order valence-electron chi connectivity index (χ1n) is 7.33. The Morgan fingerprint density at radius 1 is 1.33 bits per heavy atom. The Morgan fingerprint density at radius 2 is 2.05 bits per heavy atom. The number of carbonyl (C=O) groups is 2. The number of amides is 1. The number of nitrogens with one attached hydrogen (secondary N) is 1. The first-order valence-corrected chi connectivity index (χ1v) is 7.33. The molecule has 1 fully saturated rings. The van der Waals surface area contributed by atoms with Gasteiger partial charge in [-0.05, 0) is 43.7 Å². The minimum absolute atomic E-state index is 0.00772. The molecule has 1 aliphatic heterocycles. The SMILES string of the molecule is CC(=O)NC1CCN(CCCC(=O)c2ccc(F)cc2)C1. The van der Waals surface area contributed by atoms with Crippen molar-refractivity contribution in [2.45, 2.75) is 32.2 Å². The largest absolute Gasteiger partial charge is 0.352 e. The second-order valence-electron chi connectivity index (χ2n) is 5.52. The van der Waals surface area contributed by atoms with Gasteiger partial charge in [-0.15, -0.1) is 0 Å². The van der Waals surface area contributed by atoms with Crippen molar-refractivity contribution in [2.75, 3.05) is 19.6 Å². The summed E-state index contributed by atoms with van der Waals surface area (Å²) in [6.45, 7) is 4.19. The predicted octanol–water partition coefficient (Wildman–Crippen LogP) is 2.00. The molecule has 4 nitrogen and oxygen atoms in total. The molecule has 114 valence electrons. The van der Waals surface area contributed by atoms with Crippen LogP contribution >= 0.6 is 0 Å². The third-order valence-electron chi connectivity index (χ3n) is 3.72. The van der Waals surface area contributed by atoms with E-state index in [2.05, 4.69) is 10.2 Å². The number of benzene rings is 1. The van der Waals surface area contributed by atoms with Gasteiger partial charge in [0.2, 0.25) is 5.91 Å². The second kappa shape index (κ2) is 7.31. The fourth-order valence-electron chi connectivity index (χ4n) is 2.68. The molecule has 0 radical (unpaired) electrons. The molecule has 1 heterocycles. The maximum Gasteiger partial charge on any atom is 0.217 e. The lowest BCUT2D eigenvalue weighted by molar-refractivity contribution is -0.119. The number of rotatable bonds is 6. The molecule has 0 spiro atoms. The summed E-state index contributed by atoms with van der Waals surface area (Å²) in [5, 5.41) is 2.92. The van der Waals surface area contributed by atoms with Crippen molar-refractivity contribution in [2.24, 2.45) is 0 Å². The van der Waals surface area contributed by atoms with Crippen LogP contribution in [0.1, 0.15) is 36.5 Å². The van der Waals surface area contributed by atoms with E-state index < -0.39 is 0 Å². The monoisotopic (exact) mass is 292 g/mol. The van der Waals surface area contributed by atoms with Gasteiger partial charge >= 0.3 is 0 Å². The third-order valence-corrected chi connectivity index (χ3v) is 3.72. The van der Waals surface area contributed by atoms with E-state index in [0.717, 1.165) is 32.5 Å². The summed E-state index contributed by atoms with van der Waals surface area (Å²) in [6, 6.07) is 5.91. The molecule has 0 bridgehead atoms. The molecule has 0 saturated carbocycles. The smallest absolute Gasteiger partial charge is 0.217 e. The average Bonchev–Trinajstić information content (AvgIpc) is 2.86. The van der Waals surface area contributed by atoms with Crippen molar-refractivity contribution >= 4 is 11.7 Å². The number of nitrogens with zero attached hydrogens (tertiary/aromatic N) is 1. The number of carbonyl (C=O) groups excluding carboxylic acids is 2. The van der Waals surface area contributed by atoms with E-state index in [1.165, 1.54) is 31.2 Å². The Hall–Kier alpha value is -1.75. The van der Waals surface area contributed by atoms with Crippen molar-refractivity contribution in [3.05, 3.63) is 35.6 Å². The van der Waals surface area contributed by atoms with Crippen LogP contribution in [0.4, 0.5) is 4.39 Å². The Morgan fingerprint density at radius 3 is 2.71 bits per heavy atom. The lowest BCUT2D eigenvalue weighted by Crippen LogP contribution is -2.35. The molecule has 2 rings (SSSR count). The van der Waals surface area contributed by atoms with Crippen LogP contribution in [0, 0.1) is 5.82 Å². The summed E-state index contributed by atoms with van der Waals surface area (Å²) in [5.41, 5.74) is 0.564. The summed E-state index contributed by atoms with van der Waals surface area (Å²) < 4.78 is 12.8. The second-order valence-corrected chi connectivity index (χ2v) is 5.52. The van der Waals surface area contributed by atoms with E-state index in [-0.39, 0.29) is 23.5 Å². The van der Waals surface area contributed by atoms with Crippen LogP contribution in [-0.4, -0.2) is 42.3 Å². The molecular weight excluding hydrogens is 271 g/mol. The van der Waals surface area contributed by atoms with Crippen molar-refractivity contribution in [1.82, 2.24) is 10.2 Å². The summed E-state index contributed by atoms with van der Waals surface area (Å²) in [7, 11) is 0. The summed E-state index contributed by atoms with van der Waals surface area (Å²) in [5.74, 6) is -0.270. The van der Waals surface area contributed by atoms with Crippen LogP contribution in [0.25, 0.3) is 0 Å². The van der Waals surface area contributed by atoms with Crippen molar-refractivity contribution < 1.29 is 14.0 Å². The molecular formula is C16H21FN2O2. The van der Waals surface area contributed by atoms with Crippen LogP contribution in [0.2, 0.25) is 0 Å². The maximum absolute atomic E-state index is 12.8. The van der Waals surface area contributed by atoms with E-state index in [9.17, 15) is 14.0 Å². The molecule has 0 aromatic heterocycles. The molecule has 5 heteroatoms. The molecule has 21 heavy (non-hydrogen) atoms. The van der Waals surface area contributed by atoms with E-state index >= 15 is 0 Å². The zero-order chi connectivity index (χ0) is 15.2. The molecule has 1 atom stereocenters. The Labute approximate surface area is 124 Å². The van der Waals surface area contributed by atoms with Gasteiger partial charge in [0, 0.05) is 38.0 Å². The van der Waals surface area contributed by atoms with Gasteiger partial charge in [0.05, 0.1) is 0 Å². The first kappa shape index (κ1) is 15.6. The van der Waals surface area contributed by atoms with Gasteiger partial charge in [-0.1, -0.05) is 0 Å². The molecule has 1 amide bonds. The van der Waals surface area contributed by atoms with Crippen LogP contribution < -0.4 is 5.32 Å². The van der Waals surface area contributed by atoms with Crippen LogP contribution in [-0.2, 0) is 4.79 Å². The zero-order valence-corrected chi connectivity index (χ0v) is 12.3. The van der Waals surface area contributed by atoms with Crippen molar-refractivity contribution in [3.63, 3.8) is 0 Å². The van der Waals surface area contributed by atoms with E-state index in [1.54, 1.807) is 0 Å². The van der Waals surface area contributed by atoms with Crippen molar-refractivity contribution in [1.29, 1.82) is 0 Å². The van der Waals surface area contributed by atoms with Crippen molar-refractivity contribution in [3.8, 4) is 0 Å². The number of halogens is 1. The van der Waals surface area contributed by atoms with Gasteiger partial charge in [-0.25, -0.2) is 4.39 Å². The van der Waals surface area contributed by atoms with Gasteiger partial charge in [0.1, 0.15) is 5.82 Å². The highest BCUT2D eigenvalue weighted by molar-refractivity contribution is 5.95. The summed E-state index contributed by atoms with van der Waals surface area (Å²) in [4.78, 5) is 25.2. The minimum atomic E-state index is -0.326. The molecule has 1 saturated heterocycles. The van der Waals surface area contributed by atoms with Crippen LogP contribution in [0.15, 0.2) is 24.3 Å². The average molecular weight is 292 g/mol. The number of ketones is 1. The van der Waals surface area contributed by atoms with Gasteiger partial charge < -0.3 is 10.2 Å². The molecule has 1 aromatic rings. The van der Waals surface area contributed by atoms with Crippen LogP contribution in [0.5, 0.6) is 0 Å². The van der Waals surface area contributed by atoms with Gasteiger partial charge in [-0.2, -0.15) is 0 Å². The van der Waals surface area contributed by atoms with E-state index in [0.29, 0.717) is 12.0 Å². The molecule has 1 aromatic carbocycles. The molecule has 1 N–H and O–H groups in total. The summed E-state index contributed by atoms with van der Waals surface area (Å²) >= 11 is 0. The number of likely N-dealkylation sites (tertiary alicyclic amines) is 1. The lowest BCUT2D eigenvalue weighted by atomic mass is 10.1. The number of Topliss-reactive ketones (excluding diaryl/α,β-unsaturated/α-hetero) is 1. The predicted molar refractivity (Wildman–Crippen MR) is 78.6 cm³/mol. The van der Waals surface area contributed by atoms with Crippen LogP contribution in [0.3, 0.4) is 0 Å². The normalized spacial score (nSPS) is 18.7. The highest BCUT2D eigenvalue weighted by atomic mass is 19.1.